The Labute approximate surface area is 303 Å². The van der Waals surface area contributed by atoms with Gasteiger partial charge in [0.15, 0.2) is 0 Å². The van der Waals surface area contributed by atoms with E-state index in [2.05, 4.69) is 173 Å². The van der Waals surface area contributed by atoms with Gasteiger partial charge in [-0.25, -0.2) is 0 Å². The number of aliphatic hydroxyl groups is 1. The Morgan fingerprint density at radius 2 is 1.00 bits per heavy atom. The van der Waals surface area contributed by atoms with Crippen LogP contribution in [0.25, 0.3) is 0 Å². The zero-order valence-electron chi connectivity index (χ0n) is 29.5. The largest absolute Gasteiger partial charge is 0.386 e. The van der Waals surface area contributed by atoms with Gasteiger partial charge in [0.2, 0.25) is 0 Å². The van der Waals surface area contributed by atoms with E-state index in [-0.39, 0.29) is 4.03 Å². The maximum absolute atomic E-state index is 9.73. The SMILES string of the molecule is BrP(Br)Br.C=CC(C)(O)CC/C=C(\C)CCC=C(C)C.CC(C)=CCC/C(C)=C/CC/C(C)=C/CBr.CCN(CC)CC. The van der Waals surface area contributed by atoms with Crippen LogP contribution in [0.2, 0.25) is 0 Å². The van der Waals surface area contributed by atoms with Gasteiger partial charge >= 0.3 is 0 Å². The molecule has 0 saturated carbocycles. The van der Waals surface area contributed by atoms with Crippen LogP contribution in [-0.4, -0.2) is 40.6 Å². The normalized spacial score (nSPS) is 13.0. The molecule has 0 rings (SSSR count). The van der Waals surface area contributed by atoms with E-state index in [1.165, 1.54) is 73.2 Å². The van der Waals surface area contributed by atoms with Crippen LogP contribution in [0, 0.1) is 0 Å². The summed E-state index contributed by atoms with van der Waals surface area (Å²) in [6.45, 7) is 30.7. The second-order valence-corrected chi connectivity index (χ2v) is 27.4. The fourth-order valence-corrected chi connectivity index (χ4v) is 4.10. The molecule has 254 valence electrons. The van der Waals surface area contributed by atoms with Crippen LogP contribution >= 0.6 is 66.4 Å². The van der Waals surface area contributed by atoms with E-state index in [0.29, 0.717) is 0 Å². The molecular formula is C36H66Br4NOP. The standard InChI is InChI=1S/C15H25Br.C15H26O.C6H15N.Br3P/c1-13(2)7-5-8-14(3)9-6-10-15(4)11-12-16;1-6-15(5,16)12-8-11-14(4)10-7-9-13(2)3;1-4-7(5-2)6-3;1-4(2)3/h7,9,11H,5-6,8,10,12H2,1-4H3;6,9,11,16H,1,7-8,10,12H2,2-5H3;4-6H2,1-3H3;/b14-9+,15-11+;14-11+;;. The lowest BCUT2D eigenvalue weighted by Gasteiger charge is -2.16. The van der Waals surface area contributed by atoms with Gasteiger partial charge in [-0.2, -0.15) is 0 Å². The Balaban J connectivity index is -0.000000264. The molecule has 0 saturated heterocycles. The summed E-state index contributed by atoms with van der Waals surface area (Å²) in [4.78, 5) is 2.38. The molecule has 7 heteroatoms. The van der Waals surface area contributed by atoms with Gasteiger partial charge in [-0.1, -0.05) is 101 Å². The van der Waals surface area contributed by atoms with Crippen LogP contribution in [0.1, 0.15) is 128 Å². The summed E-state index contributed by atoms with van der Waals surface area (Å²) in [6.07, 6.45) is 21.7. The highest BCUT2D eigenvalue weighted by Gasteiger charge is 2.13. The monoisotopic (exact) mass is 875 g/mol. The summed E-state index contributed by atoms with van der Waals surface area (Å²) >= 11 is 12.9. The summed E-state index contributed by atoms with van der Waals surface area (Å²) in [7, 11) is 0. The van der Waals surface area contributed by atoms with Crippen LogP contribution < -0.4 is 0 Å². The lowest BCUT2D eigenvalue weighted by atomic mass is 9.99. The molecule has 1 unspecified atom stereocenters. The molecule has 2 nitrogen and oxygen atoms in total. The molecule has 0 aliphatic carbocycles. The van der Waals surface area contributed by atoms with Crippen molar-refractivity contribution in [2.24, 2.45) is 0 Å². The van der Waals surface area contributed by atoms with Gasteiger partial charge in [-0.05, 0) is 173 Å². The Morgan fingerprint density at radius 1 is 0.674 bits per heavy atom. The van der Waals surface area contributed by atoms with Crippen molar-refractivity contribution in [2.45, 2.75) is 133 Å². The highest BCUT2D eigenvalue weighted by atomic mass is 80.0. The minimum absolute atomic E-state index is 0.183. The molecule has 43 heavy (non-hydrogen) atoms. The number of halogens is 4. The molecule has 0 aromatic heterocycles. The van der Waals surface area contributed by atoms with Crippen molar-refractivity contribution in [3.8, 4) is 0 Å². The molecular weight excluding hydrogens is 813 g/mol. The molecule has 0 radical (unpaired) electrons. The van der Waals surface area contributed by atoms with Crippen molar-refractivity contribution in [1.82, 2.24) is 4.90 Å². The van der Waals surface area contributed by atoms with Crippen LogP contribution in [0.3, 0.4) is 0 Å². The van der Waals surface area contributed by atoms with E-state index in [9.17, 15) is 5.11 Å². The first-order valence-electron chi connectivity index (χ1n) is 15.7. The van der Waals surface area contributed by atoms with Gasteiger partial charge in [-0.3, -0.25) is 0 Å². The number of hydrogen-bond acceptors (Lipinski definition) is 2. The van der Waals surface area contributed by atoms with Gasteiger partial charge in [0, 0.05) is 5.33 Å². The number of hydrogen-bond donors (Lipinski definition) is 1. The van der Waals surface area contributed by atoms with Crippen molar-refractivity contribution in [3.63, 3.8) is 0 Å². The van der Waals surface area contributed by atoms with Gasteiger partial charge in [0.25, 0.3) is 0 Å². The van der Waals surface area contributed by atoms with E-state index >= 15 is 0 Å². The lowest BCUT2D eigenvalue weighted by molar-refractivity contribution is 0.103. The first kappa shape index (κ1) is 50.6. The Kier molecular flexibility index (Phi) is 41.8. The average Bonchev–Trinajstić information content (AvgIpc) is 2.90. The van der Waals surface area contributed by atoms with Gasteiger partial charge in [-0.15, -0.1) is 6.58 Å². The summed E-state index contributed by atoms with van der Waals surface area (Å²) < 4.78 is -0.183. The number of nitrogens with zero attached hydrogens (tertiary/aromatic N) is 1. The van der Waals surface area contributed by atoms with Gasteiger partial charge < -0.3 is 10.0 Å². The third kappa shape index (κ3) is 49.8. The van der Waals surface area contributed by atoms with E-state index in [0.717, 1.165) is 31.0 Å². The molecule has 0 aromatic rings. The molecule has 0 fully saturated rings. The molecule has 1 atom stereocenters. The maximum atomic E-state index is 9.73. The van der Waals surface area contributed by atoms with Crippen LogP contribution in [0.4, 0.5) is 0 Å². The van der Waals surface area contributed by atoms with E-state index in [1.807, 2.05) is 0 Å². The molecule has 0 spiro atoms. The second kappa shape index (κ2) is 35.6. The minimum atomic E-state index is -0.726. The molecule has 0 heterocycles. The van der Waals surface area contributed by atoms with Crippen molar-refractivity contribution < 1.29 is 5.11 Å². The lowest BCUT2D eigenvalue weighted by Crippen LogP contribution is -2.21. The molecule has 0 aliphatic rings. The second-order valence-electron chi connectivity index (χ2n) is 11.4. The average molecular weight is 880 g/mol. The number of allylic oxidation sites excluding steroid dienone is 10. The molecule has 1 N–H and O–H groups in total. The Bertz CT molecular complexity index is 794. The predicted octanol–water partition coefficient (Wildman–Crippen LogP) is 14.9. The fourth-order valence-electron chi connectivity index (χ4n) is 3.54. The first-order valence-corrected chi connectivity index (χ1v) is 24.2. The maximum Gasteiger partial charge on any atom is 0.103 e. The predicted molar refractivity (Wildman–Crippen MR) is 219 cm³/mol. The summed E-state index contributed by atoms with van der Waals surface area (Å²) in [5, 5.41) is 10.7. The third-order valence-electron chi connectivity index (χ3n) is 6.56. The Morgan fingerprint density at radius 3 is 1.28 bits per heavy atom. The highest BCUT2D eigenvalue weighted by Crippen LogP contribution is 2.59. The van der Waals surface area contributed by atoms with E-state index < -0.39 is 5.60 Å². The van der Waals surface area contributed by atoms with Crippen molar-refractivity contribution in [1.29, 1.82) is 0 Å². The Hall–Kier alpha value is 0.710. The van der Waals surface area contributed by atoms with Crippen molar-refractivity contribution in [2.75, 3.05) is 25.0 Å². The molecule has 0 aromatic carbocycles. The van der Waals surface area contributed by atoms with Crippen molar-refractivity contribution in [3.05, 3.63) is 70.9 Å². The van der Waals surface area contributed by atoms with Crippen LogP contribution in [0.15, 0.2) is 70.9 Å². The highest BCUT2D eigenvalue weighted by molar-refractivity contribution is 9.93. The summed E-state index contributed by atoms with van der Waals surface area (Å²) in [6, 6.07) is 0. The summed E-state index contributed by atoms with van der Waals surface area (Å²) in [5.74, 6) is 0. The molecule has 0 bridgehead atoms. The first-order chi connectivity index (χ1) is 20.0. The zero-order chi connectivity index (χ0) is 34.3. The topological polar surface area (TPSA) is 23.5 Å². The van der Waals surface area contributed by atoms with E-state index in [4.69, 9.17) is 0 Å². The number of alkyl halides is 1. The molecule has 0 aliphatic heterocycles. The molecule has 0 amide bonds. The van der Waals surface area contributed by atoms with Crippen molar-refractivity contribution >= 4 is 66.4 Å². The van der Waals surface area contributed by atoms with Gasteiger partial charge in [0.05, 0.1) is 5.60 Å². The minimum Gasteiger partial charge on any atom is -0.386 e. The quantitative estimate of drug-likeness (QED) is 0.0894. The fraction of sp³-hybridized carbons (Fsp3) is 0.667. The van der Waals surface area contributed by atoms with Crippen LogP contribution in [0.5, 0.6) is 0 Å². The summed E-state index contributed by atoms with van der Waals surface area (Å²) in [5.41, 5.74) is 6.47. The smallest absolute Gasteiger partial charge is 0.103 e. The van der Waals surface area contributed by atoms with Crippen LogP contribution in [-0.2, 0) is 0 Å². The third-order valence-corrected chi connectivity index (χ3v) is 6.89. The number of rotatable bonds is 17. The zero-order valence-corrected chi connectivity index (χ0v) is 36.7. The van der Waals surface area contributed by atoms with E-state index in [1.54, 1.807) is 13.0 Å². The van der Waals surface area contributed by atoms with Gasteiger partial charge in [0.1, 0.15) is 4.03 Å².